The molecule has 2 heterocycles. The molecule has 116 valence electrons. The van der Waals surface area contributed by atoms with E-state index in [0.29, 0.717) is 12.0 Å². The third-order valence-electron chi connectivity index (χ3n) is 4.51. The summed E-state index contributed by atoms with van der Waals surface area (Å²) in [6.45, 7) is 4.12. The van der Waals surface area contributed by atoms with Gasteiger partial charge in [0.25, 0.3) is 0 Å². The van der Waals surface area contributed by atoms with E-state index in [0.717, 1.165) is 37.8 Å². The average Bonchev–Trinajstić information content (AvgIpc) is 2.48. The highest BCUT2D eigenvalue weighted by Crippen LogP contribution is 2.23. The number of nitrogens with one attached hydrogen (secondary N) is 1. The Morgan fingerprint density at radius 3 is 2.52 bits per heavy atom. The van der Waals surface area contributed by atoms with Gasteiger partial charge in [-0.2, -0.15) is 9.97 Å². The molecule has 0 spiro atoms. The maximum atomic E-state index is 5.90. The molecule has 6 heteroatoms. The molecule has 1 aliphatic heterocycles. The fourth-order valence-electron chi connectivity index (χ4n) is 3.18. The van der Waals surface area contributed by atoms with Gasteiger partial charge in [-0.25, -0.2) is 0 Å². The fourth-order valence-corrected chi connectivity index (χ4v) is 3.18. The summed E-state index contributed by atoms with van der Waals surface area (Å²) in [5.74, 6) is 2.20. The van der Waals surface area contributed by atoms with Crippen molar-refractivity contribution in [1.82, 2.24) is 14.9 Å². The smallest absolute Gasteiger partial charge is 0.223 e. The van der Waals surface area contributed by atoms with Crippen LogP contribution in [0.1, 0.15) is 32.1 Å². The molecule has 0 radical (unpaired) electrons. The van der Waals surface area contributed by atoms with Crippen LogP contribution in [0.25, 0.3) is 0 Å². The van der Waals surface area contributed by atoms with Crippen LogP contribution in [0.2, 0.25) is 0 Å². The van der Waals surface area contributed by atoms with E-state index < -0.39 is 0 Å². The number of piperazine rings is 1. The van der Waals surface area contributed by atoms with Crippen LogP contribution in [-0.2, 0) is 0 Å². The minimum Gasteiger partial charge on any atom is -0.368 e. The van der Waals surface area contributed by atoms with Gasteiger partial charge in [0.2, 0.25) is 5.95 Å². The largest absolute Gasteiger partial charge is 0.368 e. The Labute approximate surface area is 126 Å². The molecule has 1 aliphatic carbocycles. The van der Waals surface area contributed by atoms with Crippen LogP contribution in [0, 0.1) is 0 Å². The van der Waals surface area contributed by atoms with Gasteiger partial charge >= 0.3 is 0 Å². The number of hydrogen-bond donors (Lipinski definition) is 2. The molecule has 0 bridgehead atoms. The van der Waals surface area contributed by atoms with Gasteiger partial charge in [0.05, 0.1) is 0 Å². The molecule has 1 aromatic heterocycles. The molecule has 2 fully saturated rings. The van der Waals surface area contributed by atoms with Gasteiger partial charge < -0.3 is 20.9 Å². The summed E-state index contributed by atoms with van der Waals surface area (Å²) in [5.41, 5.74) is 5.90. The van der Waals surface area contributed by atoms with E-state index in [-0.39, 0.29) is 0 Å². The van der Waals surface area contributed by atoms with E-state index in [9.17, 15) is 0 Å². The van der Waals surface area contributed by atoms with Crippen LogP contribution < -0.4 is 16.0 Å². The maximum Gasteiger partial charge on any atom is 0.223 e. The van der Waals surface area contributed by atoms with Gasteiger partial charge in [0.1, 0.15) is 11.6 Å². The summed E-state index contributed by atoms with van der Waals surface area (Å²) in [4.78, 5) is 13.4. The molecule has 1 saturated carbocycles. The van der Waals surface area contributed by atoms with Crippen molar-refractivity contribution in [1.29, 1.82) is 0 Å². The first-order chi connectivity index (χ1) is 10.2. The van der Waals surface area contributed by atoms with Crippen molar-refractivity contribution in [3.8, 4) is 0 Å². The molecule has 0 unspecified atom stereocenters. The van der Waals surface area contributed by atoms with Crippen molar-refractivity contribution < 1.29 is 0 Å². The van der Waals surface area contributed by atoms with Crippen molar-refractivity contribution in [2.24, 2.45) is 0 Å². The Bertz CT molecular complexity index is 463. The number of nitrogen functional groups attached to an aromatic ring is 1. The van der Waals surface area contributed by atoms with Gasteiger partial charge in [0.15, 0.2) is 0 Å². The quantitative estimate of drug-likeness (QED) is 0.880. The lowest BCUT2D eigenvalue weighted by Crippen LogP contribution is -2.44. The highest BCUT2D eigenvalue weighted by atomic mass is 15.3. The molecule has 0 aromatic carbocycles. The second-order valence-corrected chi connectivity index (χ2v) is 6.24. The van der Waals surface area contributed by atoms with Crippen LogP contribution in [-0.4, -0.2) is 54.1 Å². The van der Waals surface area contributed by atoms with Gasteiger partial charge in [-0.15, -0.1) is 0 Å². The number of nitrogens with two attached hydrogens (primary N) is 1. The first-order valence-corrected chi connectivity index (χ1v) is 8.05. The maximum absolute atomic E-state index is 5.90. The molecule has 3 N–H and O–H groups in total. The van der Waals surface area contributed by atoms with Crippen LogP contribution in [0.5, 0.6) is 0 Å². The zero-order valence-corrected chi connectivity index (χ0v) is 12.9. The summed E-state index contributed by atoms with van der Waals surface area (Å²) in [5, 5.41) is 3.54. The Balaban J connectivity index is 1.70. The lowest BCUT2D eigenvalue weighted by Gasteiger charge is -2.33. The summed E-state index contributed by atoms with van der Waals surface area (Å²) in [6, 6.07) is 2.59. The van der Waals surface area contributed by atoms with Gasteiger partial charge in [-0.1, -0.05) is 19.3 Å². The average molecular weight is 290 g/mol. The standard InChI is InChI=1S/C15H26N6/c1-20-7-9-21(10-8-20)14-11-13(18-15(16)19-14)17-12-5-3-2-4-6-12/h11-12H,2-10H2,1H3,(H3,16,17,18,19). The summed E-state index contributed by atoms with van der Waals surface area (Å²) in [7, 11) is 2.15. The molecule has 21 heavy (non-hydrogen) atoms. The second-order valence-electron chi connectivity index (χ2n) is 6.24. The Morgan fingerprint density at radius 1 is 1.10 bits per heavy atom. The van der Waals surface area contributed by atoms with Crippen LogP contribution in [0.15, 0.2) is 6.07 Å². The molecule has 6 nitrogen and oxygen atoms in total. The highest BCUT2D eigenvalue weighted by Gasteiger charge is 2.18. The fraction of sp³-hybridized carbons (Fsp3) is 0.733. The molecular weight excluding hydrogens is 264 g/mol. The zero-order valence-electron chi connectivity index (χ0n) is 12.9. The van der Waals surface area contributed by atoms with Crippen molar-refractivity contribution in [2.45, 2.75) is 38.1 Å². The third kappa shape index (κ3) is 3.75. The highest BCUT2D eigenvalue weighted by molar-refractivity contribution is 5.53. The van der Waals surface area contributed by atoms with E-state index in [2.05, 4.69) is 38.2 Å². The second kappa shape index (κ2) is 6.47. The van der Waals surface area contributed by atoms with Crippen LogP contribution in [0.3, 0.4) is 0 Å². The van der Waals surface area contributed by atoms with Crippen LogP contribution >= 0.6 is 0 Å². The minimum absolute atomic E-state index is 0.365. The lowest BCUT2D eigenvalue weighted by molar-refractivity contribution is 0.312. The molecule has 1 aromatic rings. The molecule has 0 amide bonds. The van der Waals surface area contributed by atoms with Gasteiger partial charge in [-0.3, -0.25) is 0 Å². The SMILES string of the molecule is CN1CCN(c2cc(NC3CCCCC3)nc(N)n2)CC1. The zero-order chi connectivity index (χ0) is 14.7. The normalized spacial score (nSPS) is 21.5. The molecule has 0 atom stereocenters. The monoisotopic (exact) mass is 290 g/mol. The molecule has 3 rings (SSSR count). The summed E-state index contributed by atoms with van der Waals surface area (Å²) in [6.07, 6.45) is 6.44. The summed E-state index contributed by atoms with van der Waals surface area (Å²) >= 11 is 0. The van der Waals surface area contributed by atoms with Crippen molar-refractivity contribution in [3.05, 3.63) is 6.07 Å². The topological polar surface area (TPSA) is 70.3 Å². The van der Waals surface area contributed by atoms with Gasteiger partial charge in [-0.05, 0) is 19.9 Å². The summed E-state index contributed by atoms with van der Waals surface area (Å²) < 4.78 is 0. The number of nitrogens with zero attached hydrogens (tertiary/aromatic N) is 4. The number of likely N-dealkylation sites (N-methyl/N-ethyl adjacent to an activating group) is 1. The number of anilines is 3. The number of aromatic nitrogens is 2. The van der Waals surface area contributed by atoms with Crippen molar-refractivity contribution >= 4 is 17.6 Å². The van der Waals surface area contributed by atoms with E-state index in [1.165, 1.54) is 32.1 Å². The first kappa shape index (κ1) is 14.4. The number of hydrogen-bond acceptors (Lipinski definition) is 6. The van der Waals surface area contributed by atoms with E-state index in [1.807, 2.05) is 0 Å². The third-order valence-corrected chi connectivity index (χ3v) is 4.51. The Hall–Kier alpha value is -1.56. The Morgan fingerprint density at radius 2 is 1.81 bits per heavy atom. The first-order valence-electron chi connectivity index (χ1n) is 8.05. The number of rotatable bonds is 3. The van der Waals surface area contributed by atoms with E-state index >= 15 is 0 Å². The molecule has 2 aliphatic rings. The minimum atomic E-state index is 0.365. The predicted molar refractivity (Wildman–Crippen MR) is 86.7 cm³/mol. The Kier molecular flexibility index (Phi) is 4.43. The van der Waals surface area contributed by atoms with Crippen molar-refractivity contribution in [3.63, 3.8) is 0 Å². The van der Waals surface area contributed by atoms with Crippen molar-refractivity contribution in [2.75, 3.05) is 49.2 Å². The molecular formula is C15H26N6. The van der Waals surface area contributed by atoms with Gasteiger partial charge in [0, 0.05) is 38.3 Å². The lowest BCUT2D eigenvalue weighted by atomic mass is 9.95. The van der Waals surface area contributed by atoms with Crippen LogP contribution in [0.4, 0.5) is 17.6 Å². The molecule has 1 saturated heterocycles. The van der Waals surface area contributed by atoms with E-state index in [1.54, 1.807) is 0 Å². The predicted octanol–water partition coefficient (Wildman–Crippen LogP) is 1.56. The van der Waals surface area contributed by atoms with E-state index in [4.69, 9.17) is 5.73 Å².